The van der Waals surface area contributed by atoms with Gasteiger partial charge in [-0.1, -0.05) is 12.1 Å². The topological polar surface area (TPSA) is 60.0 Å². The van der Waals surface area contributed by atoms with Gasteiger partial charge in [-0.2, -0.15) is 10.2 Å². The molecule has 0 bridgehead atoms. The van der Waals surface area contributed by atoms with E-state index < -0.39 is 0 Å². The molecule has 2 rings (SSSR count). The highest BCUT2D eigenvalue weighted by Crippen LogP contribution is 2.24. The summed E-state index contributed by atoms with van der Waals surface area (Å²) in [6.45, 7) is 0. The molecule has 4 nitrogen and oxygen atoms in total. The van der Waals surface area contributed by atoms with E-state index in [2.05, 4.69) is 10.2 Å². The average molecular weight is 189 g/mol. The predicted molar refractivity (Wildman–Crippen MR) is 53.8 cm³/mol. The van der Waals surface area contributed by atoms with Crippen molar-refractivity contribution in [1.29, 1.82) is 0 Å². The van der Waals surface area contributed by atoms with Crippen molar-refractivity contribution in [3.8, 4) is 5.75 Å². The number of azo groups is 1. The molecule has 1 aliphatic heterocycles. The second-order valence-electron chi connectivity index (χ2n) is 2.99. The monoisotopic (exact) mass is 189 g/mol. The smallest absolute Gasteiger partial charge is 0.146 e. The fraction of sp³-hybridized carbons (Fsp3) is 0.200. The first-order valence-electron chi connectivity index (χ1n) is 4.31. The number of nitrogens with zero attached hydrogens (tertiary/aromatic N) is 2. The fourth-order valence-corrected chi connectivity index (χ4v) is 1.33. The maximum Gasteiger partial charge on any atom is 0.146 e. The Morgan fingerprint density at radius 3 is 2.50 bits per heavy atom. The molecule has 2 N–H and O–H groups in total. The summed E-state index contributed by atoms with van der Waals surface area (Å²) in [5.74, 6) is 0.829. The van der Waals surface area contributed by atoms with Crippen molar-refractivity contribution in [3.05, 3.63) is 36.0 Å². The molecule has 1 aliphatic rings. The zero-order valence-corrected chi connectivity index (χ0v) is 7.84. The molecular weight excluding hydrogens is 178 g/mol. The van der Waals surface area contributed by atoms with Crippen LogP contribution in [-0.2, 0) is 0 Å². The van der Waals surface area contributed by atoms with Crippen LogP contribution < -0.4 is 10.5 Å². The number of nitrogens with two attached hydrogens (primary N) is 1. The van der Waals surface area contributed by atoms with Crippen LogP contribution >= 0.6 is 0 Å². The third-order valence-corrected chi connectivity index (χ3v) is 2.13. The molecule has 0 saturated heterocycles. The first-order chi connectivity index (χ1) is 6.81. The van der Waals surface area contributed by atoms with Crippen LogP contribution in [-0.4, -0.2) is 13.3 Å². The average Bonchev–Trinajstić information content (AvgIpc) is 2.65. The Bertz CT molecular complexity index is 381. The van der Waals surface area contributed by atoms with Crippen molar-refractivity contribution in [2.45, 2.75) is 6.17 Å². The Labute approximate surface area is 82.1 Å². The highest BCUT2D eigenvalue weighted by molar-refractivity contribution is 5.70. The van der Waals surface area contributed by atoms with Gasteiger partial charge in [-0.05, 0) is 17.7 Å². The number of methoxy groups -OCH3 is 1. The van der Waals surface area contributed by atoms with Gasteiger partial charge in [0.2, 0.25) is 0 Å². The van der Waals surface area contributed by atoms with Crippen molar-refractivity contribution >= 4 is 5.57 Å². The Morgan fingerprint density at radius 1 is 1.29 bits per heavy atom. The highest BCUT2D eigenvalue weighted by atomic mass is 16.5. The van der Waals surface area contributed by atoms with Crippen molar-refractivity contribution in [1.82, 2.24) is 0 Å². The molecular formula is C10H11N3O. The largest absolute Gasteiger partial charge is 0.497 e. The van der Waals surface area contributed by atoms with Crippen LogP contribution in [0, 0.1) is 0 Å². The molecule has 0 aliphatic carbocycles. The van der Waals surface area contributed by atoms with Gasteiger partial charge in [-0.3, -0.25) is 0 Å². The summed E-state index contributed by atoms with van der Waals surface area (Å²) < 4.78 is 5.06. The zero-order valence-electron chi connectivity index (χ0n) is 7.84. The maximum atomic E-state index is 5.72. The first-order valence-corrected chi connectivity index (χ1v) is 4.31. The highest BCUT2D eigenvalue weighted by Gasteiger charge is 2.14. The van der Waals surface area contributed by atoms with Crippen LogP contribution in [0.2, 0.25) is 0 Å². The molecule has 4 heteroatoms. The molecule has 1 aromatic carbocycles. The number of benzene rings is 1. The summed E-state index contributed by atoms with van der Waals surface area (Å²) in [7, 11) is 1.64. The van der Waals surface area contributed by atoms with Gasteiger partial charge in [0.05, 0.1) is 13.3 Å². The Hall–Kier alpha value is -1.68. The fourth-order valence-electron chi connectivity index (χ4n) is 1.33. The number of rotatable bonds is 2. The van der Waals surface area contributed by atoms with Crippen molar-refractivity contribution in [3.63, 3.8) is 0 Å². The van der Waals surface area contributed by atoms with Crippen LogP contribution in [0.1, 0.15) is 5.56 Å². The summed E-state index contributed by atoms with van der Waals surface area (Å²) in [4.78, 5) is 0. The molecule has 0 saturated carbocycles. The molecule has 1 heterocycles. The first kappa shape index (κ1) is 8.90. The van der Waals surface area contributed by atoms with Crippen LogP contribution in [0.15, 0.2) is 40.7 Å². The molecule has 1 aromatic rings. The molecule has 72 valence electrons. The minimum Gasteiger partial charge on any atom is -0.497 e. The molecule has 0 fully saturated rings. The summed E-state index contributed by atoms with van der Waals surface area (Å²) in [5.41, 5.74) is 7.69. The molecule has 0 amide bonds. The third-order valence-electron chi connectivity index (χ3n) is 2.13. The molecule has 1 atom stereocenters. The summed E-state index contributed by atoms with van der Waals surface area (Å²) in [5, 5.41) is 7.59. The lowest BCUT2D eigenvalue weighted by Crippen LogP contribution is -2.15. The maximum absolute atomic E-state index is 5.72. The molecule has 0 unspecified atom stereocenters. The third kappa shape index (κ3) is 1.52. The lowest BCUT2D eigenvalue weighted by Gasteiger charge is -2.06. The van der Waals surface area contributed by atoms with Crippen LogP contribution in [0.4, 0.5) is 0 Å². The summed E-state index contributed by atoms with van der Waals surface area (Å²) in [6, 6.07) is 7.67. The van der Waals surface area contributed by atoms with Crippen molar-refractivity contribution in [2.24, 2.45) is 16.0 Å². The van der Waals surface area contributed by atoms with Crippen LogP contribution in [0.3, 0.4) is 0 Å². The van der Waals surface area contributed by atoms with Gasteiger partial charge in [0.1, 0.15) is 11.9 Å². The van der Waals surface area contributed by atoms with Crippen molar-refractivity contribution in [2.75, 3.05) is 7.11 Å². The minimum absolute atomic E-state index is 0.330. The van der Waals surface area contributed by atoms with E-state index in [0.29, 0.717) is 0 Å². The van der Waals surface area contributed by atoms with E-state index in [4.69, 9.17) is 10.5 Å². The molecule has 0 radical (unpaired) electrons. The van der Waals surface area contributed by atoms with Crippen LogP contribution in [0.5, 0.6) is 5.75 Å². The lowest BCUT2D eigenvalue weighted by molar-refractivity contribution is 0.415. The molecule has 0 aromatic heterocycles. The van der Waals surface area contributed by atoms with Gasteiger partial charge >= 0.3 is 0 Å². The number of hydrogen-bond donors (Lipinski definition) is 1. The van der Waals surface area contributed by atoms with Gasteiger partial charge in [-0.15, -0.1) is 0 Å². The lowest BCUT2D eigenvalue weighted by atomic mass is 10.1. The quantitative estimate of drug-likeness (QED) is 0.770. The summed E-state index contributed by atoms with van der Waals surface area (Å²) in [6.07, 6.45) is 1.36. The van der Waals surface area contributed by atoms with Crippen LogP contribution in [0.25, 0.3) is 5.57 Å². The Balaban J connectivity index is 2.26. The molecule has 0 spiro atoms. The second-order valence-corrected chi connectivity index (χ2v) is 2.99. The standard InChI is InChI=1S/C10H11N3O/c1-14-8-4-2-7(3-5-8)9-6-12-13-10(9)11/h2-6,10H,11H2,1H3/t10-/m1/s1. The van der Waals surface area contributed by atoms with Crippen molar-refractivity contribution < 1.29 is 4.74 Å². The molecule has 14 heavy (non-hydrogen) atoms. The Morgan fingerprint density at radius 2 is 2.00 bits per heavy atom. The summed E-state index contributed by atoms with van der Waals surface area (Å²) >= 11 is 0. The van der Waals surface area contributed by atoms with E-state index in [-0.39, 0.29) is 6.17 Å². The minimum atomic E-state index is -0.330. The number of hydrogen-bond acceptors (Lipinski definition) is 4. The van der Waals surface area contributed by atoms with Gasteiger partial charge in [0, 0.05) is 5.57 Å². The van der Waals surface area contributed by atoms with E-state index >= 15 is 0 Å². The Kier molecular flexibility index (Phi) is 2.28. The van der Waals surface area contributed by atoms with E-state index in [0.717, 1.165) is 16.9 Å². The van der Waals surface area contributed by atoms with Gasteiger partial charge in [0.25, 0.3) is 0 Å². The number of ether oxygens (including phenoxy) is 1. The van der Waals surface area contributed by atoms with E-state index in [1.54, 1.807) is 13.3 Å². The predicted octanol–water partition coefficient (Wildman–Crippen LogP) is 1.79. The zero-order chi connectivity index (χ0) is 9.97. The normalized spacial score (nSPS) is 19.6. The van der Waals surface area contributed by atoms with E-state index in [9.17, 15) is 0 Å². The SMILES string of the molecule is COc1ccc(C2=CN=N[C@H]2N)cc1. The van der Waals surface area contributed by atoms with Gasteiger partial charge in [-0.25, -0.2) is 0 Å². The second kappa shape index (κ2) is 3.59. The van der Waals surface area contributed by atoms with E-state index in [1.165, 1.54) is 0 Å². The van der Waals surface area contributed by atoms with Gasteiger partial charge < -0.3 is 10.5 Å². The van der Waals surface area contributed by atoms with E-state index in [1.807, 2.05) is 24.3 Å². The van der Waals surface area contributed by atoms with Gasteiger partial charge in [0.15, 0.2) is 0 Å².